The minimum Gasteiger partial charge on any atom is -0.368 e. The Kier molecular flexibility index (Phi) is 3.83. The molecule has 3 aromatic rings. The molecule has 0 saturated heterocycles. The van der Waals surface area contributed by atoms with Gasteiger partial charge >= 0.3 is 0 Å². The average molecular weight is 313 g/mol. The first-order valence-corrected chi connectivity index (χ1v) is 8.29. The van der Waals surface area contributed by atoms with Crippen LogP contribution in [0, 0.1) is 0 Å². The molecular formula is C21H19N3. The van der Waals surface area contributed by atoms with Crippen molar-refractivity contribution in [3.63, 3.8) is 0 Å². The lowest BCUT2D eigenvalue weighted by molar-refractivity contribution is 0.806. The molecule has 0 fully saturated rings. The van der Waals surface area contributed by atoms with Crippen LogP contribution in [0.3, 0.4) is 0 Å². The molecular weight excluding hydrogens is 294 g/mol. The van der Waals surface area contributed by atoms with Crippen molar-refractivity contribution in [1.29, 1.82) is 0 Å². The molecule has 0 bridgehead atoms. The summed E-state index contributed by atoms with van der Waals surface area (Å²) in [5.41, 5.74) is 12.8. The van der Waals surface area contributed by atoms with E-state index in [0.29, 0.717) is 5.95 Å². The summed E-state index contributed by atoms with van der Waals surface area (Å²) in [5.74, 6) is 0.341. The van der Waals surface area contributed by atoms with Gasteiger partial charge in [-0.15, -0.1) is 0 Å². The molecule has 0 atom stereocenters. The van der Waals surface area contributed by atoms with Gasteiger partial charge in [-0.05, 0) is 36.5 Å². The van der Waals surface area contributed by atoms with E-state index in [-0.39, 0.29) is 0 Å². The van der Waals surface area contributed by atoms with Crippen LogP contribution in [0.1, 0.15) is 29.7 Å². The topological polar surface area (TPSA) is 51.8 Å². The Hall–Kier alpha value is -2.94. The van der Waals surface area contributed by atoms with Gasteiger partial charge in [0.25, 0.3) is 0 Å². The predicted octanol–water partition coefficient (Wildman–Crippen LogP) is 4.60. The Bertz CT molecular complexity index is 884. The van der Waals surface area contributed by atoms with Gasteiger partial charge in [0.05, 0.1) is 11.4 Å². The van der Waals surface area contributed by atoms with Crippen LogP contribution in [0.4, 0.5) is 5.95 Å². The molecule has 0 amide bonds. The Labute approximate surface area is 141 Å². The van der Waals surface area contributed by atoms with E-state index in [2.05, 4.69) is 52.4 Å². The fourth-order valence-corrected chi connectivity index (χ4v) is 3.30. The third-order valence-corrected chi connectivity index (χ3v) is 4.39. The molecule has 1 aliphatic rings. The van der Waals surface area contributed by atoms with Crippen LogP contribution in [0.2, 0.25) is 0 Å². The summed E-state index contributed by atoms with van der Waals surface area (Å²) in [5, 5.41) is 0. The first kappa shape index (κ1) is 14.6. The quantitative estimate of drug-likeness (QED) is 0.752. The molecule has 0 spiro atoms. The normalized spacial score (nSPS) is 15.2. The highest BCUT2D eigenvalue weighted by Gasteiger charge is 2.21. The number of hydrogen-bond acceptors (Lipinski definition) is 3. The summed E-state index contributed by atoms with van der Waals surface area (Å²) < 4.78 is 0. The molecule has 118 valence electrons. The SMILES string of the molecule is Nc1nc2c(c(-c3ccccc3)n1)CCC/C2=C\c1ccccc1. The molecule has 3 nitrogen and oxygen atoms in total. The number of aromatic nitrogens is 2. The van der Waals surface area contributed by atoms with E-state index in [4.69, 9.17) is 5.73 Å². The smallest absolute Gasteiger partial charge is 0.221 e. The van der Waals surface area contributed by atoms with Gasteiger partial charge in [-0.25, -0.2) is 9.97 Å². The molecule has 2 N–H and O–H groups in total. The predicted molar refractivity (Wildman–Crippen MR) is 99.1 cm³/mol. The average Bonchev–Trinajstić information content (AvgIpc) is 2.63. The molecule has 4 rings (SSSR count). The van der Waals surface area contributed by atoms with E-state index in [1.807, 2.05) is 24.3 Å². The van der Waals surface area contributed by atoms with E-state index in [1.54, 1.807) is 0 Å². The lowest BCUT2D eigenvalue weighted by atomic mass is 9.88. The van der Waals surface area contributed by atoms with Crippen molar-refractivity contribution in [2.75, 3.05) is 5.73 Å². The number of anilines is 1. The van der Waals surface area contributed by atoms with Crippen LogP contribution < -0.4 is 5.73 Å². The summed E-state index contributed by atoms with van der Waals surface area (Å²) in [4.78, 5) is 9.11. The summed E-state index contributed by atoms with van der Waals surface area (Å²) in [6, 6.07) is 20.6. The molecule has 1 aromatic heterocycles. The molecule has 0 unspecified atom stereocenters. The number of nitrogens with zero attached hydrogens (tertiary/aromatic N) is 2. The second-order valence-electron chi connectivity index (χ2n) is 6.06. The van der Waals surface area contributed by atoms with E-state index in [0.717, 1.165) is 36.2 Å². The first-order chi connectivity index (χ1) is 11.8. The van der Waals surface area contributed by atoms with Crippen molar-refractivity contribution in [2.45, 2.75) is 19.3 Å². The summed E-state index contributed by atoms with van der Waals surface area (Å²) in [6.45, 7) is 0. The summed E-state index contributed by atoms with van der Waals surface area (Å²) in [6.07, 6.45) is 5.34. The van der Waals surface area contributed by atoms with Crippen molar-refractivity contribution in [3.8, 4) is 11.3 Å². The standard InChI is InChI=1S/C21H19N3/c22-21-23-19(16-10-5-2-6-11-16)18-13-7-12-17(20(18)24-21)14-15-8-3-1-4-9-15/h1-6,8-11,14H,7,12-13H2,(H2,22,23,24)/b17-14+. The van der Waals surface area contributed by atoms with Crippen molar-refractivity contribution in [1.82, 2.24) is 9.97 Å². The molecule has 0 radical (unpaired) electrons. The second kappa shape index (κ2) is 6.28. The molecule has 3 heteroatoms. The molecule has 1 heterocycles. The van der Waals surface area contributed by atoms with Gasteiger partial charge in [-0.2, -0.15) is 0 Å². The Morgan fingerprint density at radius 1 is 0.792 bits per heavy atom. The Morgan fingerprint density at radius 3 is 2.21 bits per heavy atom. The number of hydrogen-bond donors (Lipinski definition) is 1. The highest BCUT2D eigenvalue weighted by atomic mass is 15.0. The zero-order valence-corrected chi connectivity index (χ0v) is 13.4. The number of rotatable bonds is 2. The van der Waals surface area contributed by atoms with Gasteiger partial charge in [-0.1, -0.05) is 60.7 Å². The second-order valence-corrected chi connectivity index (χ2v) is 6.06. The molecule has 1 aliphatic carbocycles. The van der Waals surface area contributed by atoms with Gasteiger partial charge in [-0.3, -0.25) is 0 Å². The van der Waals surface area contributed by atoms with Crippen LogP contribution in [0.25, 0.3) is 22.9 Å². The van der Waals surface area contributed by atoms with Crippen LogP contribution in [0.15, 0.2) is 60.7 Å². The van der Waals surface area contributed by atoms with Crippen LogP contribution in [-0.2, 0) is 6.42 Å². The maximum Gasteiger partial charge on any atom is 0.221 e. The maximum atomic E-state index is 6.03. The van der Waals surface area contributed by atoms with E-state index < -0.39 is 0 Å². The summed E-state index contributed by atoms with van der Waals surface area (Å²) >= 11 is 0. The monoisotopic (exact) mass is 313 g/mol. The van der Waals surface area contributed by atoms with E-state index in [1.165, 1.54) is 16.7 Å². The van der Waals surface area contributed by atoms with E-state index in [9.17, 15) is 0 Å². The third kappa shape index (κ3) is 2.81. The maximum absolute atomic E-state index is 6.03. The zero-order valence-electron chi connectivity index (χ0n) is 13.4. The van der Waals surface area contributed by atoms with Gasteiger partial charge in [0.1, 0.15) is 0 Å². The highest BCUT2D eigenvalue weighted by molar-refractivity contribution is 5.85. The fraction of sp³-hybridized carbons (Fsp3) is 0.143. The Balaban J connectivity index is 1.87. The number of nitrogen functional groups attached to an aromatic ring is 1. The van der Waals surface area contributed by atoms with E-state index >= 15 is 0 Å². The highest BCUT2D eigenvalue weighted by Crippen LogP contribution is 2.36. The van der Waals surface area contributed by atoms with Crippen molar-refractivity contribution < 1.29 is 0 Å². The number of benzene rings is 2. The summed E-state index contributed by atoms with van der Waals surface area (Å²) in [7, 11) is 0. The van der Waals surface area contributed by atoms with Gasteiger partial charge < -0.3 is 5.73 Å². The first-order valence-electron chi connectivity index (χ1n) is 8.29. The van der Waals surface area contributed by atoms with Gasteiger partial charge in [0, 0.05) is 11.1 Å². The Morgan fingerprint density at radius 2 is 1.46 bits per heavy atom. The van der Waals surface area contributed by atoms with Crippen molar-refractivity contribution in [2.24, 2.45) is 0 Å². The molecule has 0 aliphatic heterocycles. The fourth-order valence-electron chi connectivity index (χ4n) is 3.30. The number of nitrogens with two attached hydrogens (primary N) is 1. The van der Waals surface area contributed by atoms with Crippen molar-refractivity contribution in [3.05, 3.63) is 77.5 Å². The lowest BCUT2D eigenvalue weighted by Gasteiger charge is -2.21. The lowest BCUT2D eigenvalue weighted by Crippen LogP contribution is -2.11. The number of allylic oxidation sites excluding steroid dienone is 1. The van der Waals surface area contributed by atoms with Crippen LogP contribution >= 0.6 is 0 Å². The minimum absolute atomic E-state index is 0.341. The number of fused-ring (bicyclic) bond motifs is 1. The van der Waals surface area contributed by atoms with Crippen LogP contribution in [0.5, 0.6) is 0 Å². The van der Waals surface area contributed by atoms with Crippen LogP contribution in [-0.4, -0.2) is 9.97 Å². The van der Waals surface area contributed by atoms with Crippen molar-refractivity contribution >= 4 is 17.6 Å². The third-order valence-electron chi connectivity index (χ3n) is 4.39. The largest absolute Gasteiger partial charge is 0.368 e. The molecule has 0 saturated carbocycles. The zero-order chi connectivity index (χ0) is 16.4. The van der Waals surface area contributed by atoms with Gasteiger partial charge in [0.15, 0.2) is 0 Å². The molecule has 24 heavy (non-hydrogen) atoms. The van der Waals surface area contributed by atoms with Gasteiger partial charge in [0.2, 0.25) is 5.95 Å². The molecule has 2 aromatic carbocycles. The minimum atomic E-state index is 0.341.